The molecule has 0 radical (unpaired) electrons. The van der Waals surface area contributed by atoms with Crippen LogP contribution in [0.15, 0.2) is 16.7 Å². The maximum absolute atomic E-state index is 6.05. The van der Waals surface area contributed by atoms with Gasteiger partial charge in [-0.2, -0.15) is 0 Å². The number of aromatic nitrogens is 1. The van der Waals surface area contributed by atoms with E-state index in [2.05, 4.69) is 30.7 Å². The Hall–Kier alpha value is -0.810. The molecule has 1 atom stereocenters. The van der Waals surface area contributed by atoms with Crippen molar-refractivity contribution in [2.24, 2.45) is 0 Å². The predicted molar refractivity (Wildman–Crippen MR) is 77.8 cm³/mol. The Kier molecular flexibility index (Phi) is 3.43. The van der Waals surface area contributed by atoms with Crippen molar-refractivity contribution in [3.8, 4) is 0 Å². The van der Waals surface area contributed by atoms with Crippen LogP contribution in [0.25, 0.3) is 0 Å². The number of nitrogen functional groups attached to an aromatic ring is 1. The van der Waals surface area contributed by atoms with E-state index in [1.807, 2.05) is 12.3 Å². The summed E-state index contributed by atoms with van der Waals surface area (Å²) in [5.74, 6) is 0.944. The lowest BCUT2D eigenvalue weighted by Gasteiger charge is -2.24. The van der Waals surface area contributed by atoms with Crippen molar-refractivity contribution in [2.75, 3.05) is 36.8 Å². The first-order chi connectivity index (χ1) is 8.74. The molecule has 18 heavy (non-hydrogen) atoms. The van der Waals surface area contributed by atoms with E-state index in [-0.39, 0.29) is 0 Å². The number of likely N-dealkylation sites (tertiary alicyclic amines) is 1. The largest absolute Gasteiger partial charge is 0.396 e. The number of halogens is 1. The van der Waals surface area contributed by atoms with Crippen LogP contribution in [0.2, 0.25) is 0 Å². The molecule has 2 aliphatic rings. The second-order valence-electron chi connectivity index (χ2n) is 5.20. The van der Waals surface area contributed by atoms with Crippen molar-refractivity contribution in [3.05, 3.63) is 16.7 Å². The summed E-state index contributed by atoms with van der Waals surface area (Å²) >= 11 is 3.40. The minimum atomic E-state index is 0.692. The maximum Gasteiger partial charge on any atom is 0.151 e. The summed E-state index contributed by atoms with van der Waals surface area (Å²) in [5.41, 5.74) is 6.82. The van der Waals surface area contributed by atoms with Gasteiger partial charge >= 0.3 is 0 Å². The van der Waals surface area contributed by atoms with Gasteiger partial charge in [-0.3, -0.25) is 4.90 Å². The summed E-state index contributed by atoms with van der Waals surface area (Å²) in [6.45, 7) is 4.67. The Morgan fingerprint density at radius 1 is 1.28 bits per heavy atom. The molecule has 0 saturated carbocycles. The van der Waals surface area contributed by atoms with Crippen molar-refractivity contribution in [3.63, 3.8) is 0 Å². The van der Waals surface area contributed by atoms with Gasteiger partial charge in [-0.1, -0.05) is 0 Å². The molecule has 0 spiro atoms. The smallest absolute Gasteiger partial charge is 0.151 e. The summed E-state index contributed by atoms with van der Waals surface area (Å²) in [4.78, 5) is 9.40. The van der Waals surface area contributed by atoms with Gasteiger partial charge < -0.3 is 10.6 Å². The summed E-state index contributed by atoms with van der Waals surface area (Å²) in [6.07, 6.45) is 5.77. The molecule has 1 unspecified atom stereocenters. The van der Waals surface area contributed by atoms with Crippen LogP contribution in [-0.4, -0.2) is 42.1 Å². The number of nitrogens with zero attached hydrogens (tertiary/aromatic N) is 3. The van der Waals surface area contributed by atoms with Gasteiger partial charge in [-0.05, 0) is 54.3 Å². The van der Waals surface area contributed by atoms with Crippen LogP contribution in [-0.2, 0) is 0 Å². The average molecular weight is 311 g/mol. The second-order valence-corrected chi connectivity index (χ2v) is 6.11. The van der Waals surface area contributed by atoms with E-state index >= 15 is 0 Å². The topological polar surface area (TPSA) is 45.4 Å². The molecule has 1 aromatic rings. The van der Waals surface area contributed by atoms with Gasteiger partial charge in [-0.25, -0.2) is 4.98 Å². The van der Waals surface area contributed by atoms with Crippen LogP contribution in [0.4, 0.5) is 11.5 Å². The Morgan fingerprint density at radius 3 is 2.78 bits per heavy atom. The van der Waals surface area contributed by atoms with Gasteiger partial charge in [0.1, 0.15) is 0 Å². The number of hydrogen-bond donors (Lipinski definition) is 1. The summed E-state index contributed by atoms with van der Waals surface area (Å²) < 4.78 is 0.944. The Labute approximate surface area is 116 Å². The van der Waals surface area contributed by atoms with E-state index in [0.29, 0.717) is 6.04 Å². The van der Waals surface area contributed by atoms with Gasteiger partial charge in [0.15, 0.2) is 5.82 Å². The van der Waals surface area contributed by atoms with Gasteiger partial charge in [0.2, 0.25) is 0 Å². The third-order valence-corrected chi connectivity index (χ3v) is 4.42. The average Bonchev–Trinajstić information content (AvgIpc) is 2.99. The first-order valence-corrected chi connectivity index (χ1v) is 7.43. The standard InChI is InChI=1S/C13H19BrN4/c14-10-7-12(15)13(16-8-10)18-6-3-11(9-18)17-4-1-2-5-17/h7-8,11H,1-6,9,15H2. The molecule has 5 heteroatoms. The number of nitrogens with two attached hydrogens (primary N) is 1. The Morgan fingerprint density at radius 2 is 2.06 bits per heavy atom. The third-order valence-electron chi connectivity index (χ3n) is 3.98. The number of anilines is 2. The van der Waals surface area contributed by atoms with Crippen LogP contribution in [0.5, 0.6) is 0 Å². The molecule has 3 rings (SSSR count). The van der Waals surface area contributed by atoms with Gasteiger partial charge in [-0.15, -0.1) is 0 Å². The molecular weight excluding hydrogens is 292 g/mol. The van der Waals surface area contributed by atoms with Gasteiger partial charge in [0.05, 0.1) is 5.69 Å². The highest BCUT2D eigenvalue weighted by Crippen LogP contribution is 2.29. The van der Waals surface area contributed by atoms with E-state index in [1.165, 1.54) is 32.4 Å². The van der Waals surface area contributed by atoms with Crippen LogP contribution < -0.4 is 10.6 Å². The molecule has 2 aliphatic heterocycles. The van der Waals surface area contributed by atoms with Gasteiger partial charge in [0, 0.05) is 29.8 Å². The molecule has 98 valence electrons. The van der Waals surface area contributed by atoms with E-state index in [4.69, 9.17) is 5.73 Å². The quantitative estimate of drug-likeness (QED) is 0.908. The van der Waals surface area contributed by atoms with E-state index < -0.39 is 0 Å². The number of rotatable bonds is 2. The van der Waals surface area contributed by atoms with Crippen LogP contribution in [0.3, 0.4) is 0 Å². The van der Waals surface area contributed by atoms with Crippen LogP contribution in [0, 0.1) is 0 Å². The molecular formula is C13H19BrN4. The molecule has 0 aliphatic carbocycles. The number of hydrogen-bond acceptors (Lipinski definition) is 4. The zero-order valence-corrected chi connectivity index (χ0v) is 12.1. The van der Waals surface area contributed by atoms with Crippen molar-refractivity contribution in [2.45, 2.75) is 25.3 Å². The Bertz CT molecular complexity index is 431. The van der Waals surface area contributed by atoms with Crippen molar-refractivity contribution in [1.82, 2.24) is 9.88 Å². The molecule has 0 bridgehead atoms. The van der Waals surface area contributed by atoms with Crippen molar-refractivity contribution in [1.29, 1.82) is 0 Å². The highest BCUT2D eigenvalue weighted by Gasteiger charge is 2.30. The number of pyridine rings is 1. The monoisotopic (exact) mass is 310 g/mol. The first kappa shape index (κ1) is 12.2. The lowest BCUT2D eigenvalue weighted by Crippen LogP contribution is -2.35. The van der Waals surface area contributed by atoms with Crippen molar-refractivity contribution < 1.29 is 0 Å². The summed E-state index contributed by atoms with van der Waals surface area (Å²) in [7, 11) is 0. The summed E-state index contributed by atoms with van der Waals surface area (Å²) in [6, 6.07) is 2.63. The molecule has 0 amide bonds. The minimum Gasteiger partial charge on any atom is -0.396 e. The van der Waals surface area contributed by atoms with E-state index in [1.54, 1.807) is 0 Å². The van der Waals surface area contributed by atoms with Crippen LogP contribution in [0.1, 0.15) is 19.3 Å². The fourth-order valence-electron chi connectivity index (χ4n) is 3.05. The summed E-state index contributed by atoms with van der Waals surface area (Å²) in [5, 5.41) is 0. The first-order valence-electron chi connectivity index (χ1n) is 6.64. The zero-order valence-electron chi connectivity index (χ0n) is 10.5. The SMILES string of the molecule is Nc1cc(Br)cnc1N1CCC(N2CCCC2)C1. The van der Waals surface area contributed by atoms with E-state index in [9.17, 15) is 0 Å². The van der Waals surface area contributed by atoms with E-state index in [0.717, 1.165) is 29.1 Å². The molecule has 0 aromatic carbocycles. The second kappa shape index (κ2) is 5.05. The maximum atomic E-state index is 6.05. The highest BCUT2D eigenvalue weighted by molar-refractivity contribution is 9.10. The fourth-order valence-corrected chi connectivity index (χ4v) is 3.40. The molecule has 2 N–H and O–H groups in total. The fraction of sp³-hybridized carbons (Fsp3) is 0.615. The molecule has 3 heterocycles. The lowest BCUT2D eigenvalue weighted by atomic mass is 10.2. The predicted octanol–water partition coefficient (Wildman–Crippen LogP) is 2.10. The Balaban J connectivity index is 1.71. The normalized spacial score (nSPS) is 24.9. The lowest BCUT2D eigenvalue weighted by molar-refractivity contribution is 0.260. The minimum absolute atomic E-state index is 0.692. The molecule has 1 aromatic heterocycles. The highest BCUT2D eigenvalue weighted by atomic mass is 79.9. The molecule has 4 nitrogen and oxygen atoms in total. The molecule has 2 saturated heterocycles. The molecule has 2 fully saturated rings. The van der Waals surface area contributed by atoms with Crippen LogP contribution >= 0.6 is 15.9 Å². The zero-order chi connectivity index (χ0) is 12.5. The van der Waals surface area contributed by atoms with Gasteiger partial charge in [0.25, 0.3) is 0 Å². The van der Waals surface area contributed by atoms with Crippen molar-refractivity contribution >= 4 is 27.4 Å². The third kappa shape index (κ3) is 2.34.